The quantitative estimate of drug-likeness (QED) is 0.512. The molecule has 4 aromatic rings. The van der Waals surface area contributed by atoms with Crippen LogP contribution >= 0.6 is 0 Å². The second kappa shape index (κ2) is 5.82. The van der Waals surface area contributed by atoms with Gasteiger partial charge in [0.25, 0.3) is 5.56 Å². The van der Waals surface area contributed by atoms with Crippen molar-refractivity contribution in [3.05, 3.63) is 88.2 Å². The van der Waals surface area contributed by atoms with E-state index in [0.717, 1.165) is 5.56 Å². The van der Waals surface area contributed by atoms with E-state index >= 15 is 0 Å². The average molecular weight is 369 g/mol. The zero-order valence-corrected chi connectivity index (χ0v) is 15.0. The molecule has 1 heterocycles. The standard InChI is InChI=1S/C23H15NO4/c1-28-15-10-11-16-19(12-15)23(27)24(13-6-8-14(25)9-7-13)21-17-4-2-3-5-18(17)22(26)20(16)21/h2-12,25H,1H3. The summed E-state index contributed by atoms with van der Waals surface area (Å²) in [6.07, 6.45) is 0. The molecule has 0 atom stereocenters. The van der Waals surface area contributed by atoms with Crippen LogP contribution in [-0.4, -0.2) is 22.6 Å². The molecule has 0 aliphatic heterocycles. The largest absolute Gasteiger partial charge is 0.508 e. The molecule has 5 nitrogen and oxygen atoms in total. The van der Waals surface area contributed by atoms with Gasteiger partial charge in [-0.25, -0.2) is 0 Å². The Bertz CT molecular complexity index is 1330. The fourth-order valence-corrected chi connectivity index (χ4v) is 3.86. The summed E-state index contributed by atoms with van der Waals surface area (Å²) in [7, 11) is 1.54. The van der Waals surface area contributed by atoms with Crippen LogP contribution in [0.4, 0.5) is 0 Å². The zero-order valence-electron chi connectivity index (χ0n) is 15.0. The highest BCUT2D eigenvalue weighted by Crippen LogP contribution is 2.40. The van der Waals surface area contributed by atoms with Crippen molar-refractivity contribution in [1.82, 2.24) is 4.57 Å². The number of pyridine rings is 1. The predicted molar refractivity (Wildman–Crippen MR) is 107 cm³/mol. The third kappa shape index (κ3) is 2.13. The number of aromatic nitrogens is 1. The summed E-state index contributed by atoms with van der Waals surface area (Å²) in [6.45, 7) is 0. The van der Waals surface area contributed by atoms with Gasteiger partial charge in [0.05, 0.1) is 23.8 Å². The third-order valence-corrected chi connectivity index (χ3v) is 5.15. The minimum atomic E-state index is -0.247. The molecule has 3 aromatic carbocycles. The molecule has 1 aliphatic carbocycles. The summed E-state index contributed by atoms with van der Waals surface area (Å²) >= 11 is 0. The van der Waals surface area contributed by atoms with Gasteiger partial charge in [0, 0.05) is 22.2 Å². The summed E-state index contributed by atoms with van der Waals surface area (Å²) in [5.41, 5.74) is 2.72. The second-order valence-electron chi connectivity index (χ2n) is 6.67. The van der Waals surface area contributed by atoms with Crippen molar-refractivity contribution < 1.29 is 14.6 Å². The molecular weight excluding hydrogens is 354 g/mol. The number of aromatic hydroxyl groups is 1. The minimum Gasteiger partial charge on any atom is -0.508 e. The fourth-order valence-electron chi connectivity index (χ4n) is 3.86. The fraction of sp³-hybridized carbons (Fsp3) is 0.0435. The van der Waals surface area contributed by atoms with Crippen molar-refractivity contribution in [2.45, 2.75) is 0 Å². The normalized spacial score (nSPS) is 12.1. The molecule has 1 N–H and O–H groups in total. The van der Waals surface area contributed by atoms with Crippen molar-refractivity contribution in [2.75, 3.05) is 7.11 Å². The Morgan fingerprint density at radius 1 is 0.857 bits per heavy atom. The Balaban J connectivity index is 1.99. The molecule has 0 spiro atoms. The first-order valence-electron chi connectivity index (χ1n) is 8.80. The van der Waals surface area contributed by atoms with Gasteiger partial charge in [0.1, 0.15) is 11.5 Å². The van der Waals surface area contributed by atoms with Crippen LogP contribution < -0.4 is 10.3 Å². The minimum absolute atomic E-state index is 0.103. The smallest absolute Gasteiger partial charge is 0.263 e. The molecule has 136 valence electrons. The van der Waals surface area contributed by atoms with Gasteiger partial charge >= 0.3 is 0 Å². The Morgan fingerprint density at radius 3 is 2.29 bits per heavy atom. The van der Waals surface area contributed by atoms with Gasteiger partial charge in [-0.15, -0.1) is 0 Å². The lowest BCUT2D eigenvalue weighted by Gasteiger charge is -2.15. The van der Waals surface area contributed by atoms with Gasteiger partial charge in [0.15, 0.2) is 5.78 Å². The molecular formula is C23H15NO4. The van der Waals surface area contributed by atoms with E-state index in [1.807, 2.05) is 18.2 Å². The van der Waals surface area contributed by atoms with Crippen LogP contribution in [0.25, 0.3) is 27.7 Å². The molecule has 0 saturated heterocycles. The number of phenolic OH excluding ortho intramolecular Hbond substituents is 1. The maximum atomic E-state index is 13.5. The van der Waals surface area contributed by atoms with Crippen molar-refractivity contribution in [1.29, 1.82) is 0 Å². The van der Waals surface area contributed by atoms with Crippen molar-refractivity contribution in [2.24, 2.45) is 0 Å². The number of carbonyl (C=O) groups excluding carboxylic acids is 1. The van der Waals surface area contributed by atoms with Crippen molar-refractivity contribution in [3.63, 3.8) is 0 Å². The van der Waals surface area contributed by atoms with Crippen LogP contribution in [0.1, 0.15) is 15.9 Å². The van der Waals surface area contributed by atoms with Gasteiger partial charge in [-0.3, -0.25) is 14.2 Å². The van der Waals surface area contributed by atoms with E-state index in [4.69, 9.17) is 4.74 Å². The maximum absolute atomic E-state index is 13.5. The summed E-state index contributed by atoms with van der Waals surface area (Å²) in [4.78, 5) is 26.7. The molecule has 0 amide bonds. The number of ketones is 1. The summed E-state index contributed by atoms with van der Waals surface area (Å²) in [5.74, 6) is 0.547. The number of rotatable bonds is 2. The van der Waals surface area contributed by atoms with Gasteiger partial charge in [-0.05, 0) is 42.5 Å². The monoisotopic (exact) mass is 369 g/mol. The topological polar surface area (TPSA) is 68.5 Å². The highest BCUT2D eigenvalue weighted by atomic mass is 16.5. The Labute approximate surface area is 160 Å². The lowest BCUT2D eigenvalue weighted by molar-refractivity contribution is 0.104. The first-order chi connectivity index (χ1) is 13.6. The highest BCUT2D eigenvalue weighted by molar-refractivity contribution is 6.26. The summed E-state index contributed by atoms with van der Waals surface area (Å²) < 4.78 is 6.82. The number of ether oxygens (including phenoxy) is 1. The van der Waals surface area contributed by atoms with E-state index in [1.165, 1.54) is 19.2 Å². The zero-order chi connectivity index (χ0) is 19.4. The second-order valence-corrected chi connectivity index (χ2v) is 6.67. The van der Waals surface area contributed by atoms with Crippen LogP contribution in [0.2, 0.25) is 0 Å². The molecule has 0 saturated carbocycles. The average Bonchev–Trinajstić information content (AvgIpc) is 3.02. The number of phenols is 1. The third-order valence-electron chi connectivity index (χ3n) is 5.15. The van der Waals surface area contributed by atoms with Crippen LogP contribution in [0, 0.1) is 0 Å². The molecule has 0 unspecified atom stereocenters. The molecule has 1 aromatic heterocycles. The number of nitrogens with zero attached hydrogens (tertiary/aromatic N) is 1. The number of carbonyl (C=O) groups is 1. The van der Waals surface area contributed by atoms with Gasteiger partial charge < -0.3 is 9.84 Å². The van der Waals surface area contributed by atoms with Crippen LogP contribution in [0.3, 0.4) is 0 Å². The number of benzene rings is 3. The van der Waals surface area contributed by atoms with E-state index in [-0.39, 0.29) is 17.1 Å². The van der Waals surface area contributed by atoms with E-state index in [9.17, 15) is 14.7 Å². The molecule has 5 heteroatoms. The Morgan fingerprint density at radius 2 is 1.57 bits per heavy atom. The molecule has 1 aliphatic rings. The van der Waals surface area contributed by atoms with E-state index in [0.29, 0.717) is 39.0 Å². The Hall–Kier alpha value is -3.86. The number of methoxy groups -OCH3 is 1. The predicted octanol–water partition coefficient (Wildman–Crippen LogP) is 3.92. The van der Waals surface area contributed by atoms with Crippen molar-refractivity contribution in [3.8, 4) is 28.4 Å². The van der Waals surface area contributed by atoms with Crippen molar-refractivity contribution >= 4 is 16.6 Å². The van der Waals surface area contributed by atoms with E-state index in [1.54, 1.807) is 41.0 Å². The number of hydrogen-bond donors (Lipinski definition) is 1. The maximum Gasteiger partial charge on any atom is 0.263 e. The lowest BCUT2D eigenvalue weighted by Crippen LogP contribution is -2.21. The summed E-state index contributed by atoms with van der Waals surface area (Å²) in [5, 5.41) is 10.7. The van der Waals surface area contributed by atoms with E-state index in [2.05, 4.69) is 0 Å². The molecule has 0 radical (unpaired) electrons. The molecule has 28 heavy (non-hydrogen) atoms. The van der Waals surface area contributed by atoms with Gasteiger partial charge in [-0.2, -0.15) is 0 Å². The van der Waals surface area contributed by atoms with Gasteiger partial charge in [-0.1, -0.05) is 24.3 Å². The molecule has 0 fully saturated rings. The first kappa shape index (κ1) is 16.3. The Kier molecular flexibility index (Phi) is 3.39. The first-order valence-corrected chi connectivity index (χ1v) is 8.80. The number of fused-ring (bicyclic) bond motifs is 5. The summed E-state index contributed by atoms with van der Waals surface area (Å²) in [6, 6.07) is 18.8. The molecule has 5 rings (SSSR count). The number of hydrogen-bond acceptors (Lipinski definition) is 4. The van der Waals surface area contributed by atoms with E-state index < -0.39 is 0 Å². The highest BCUT2D eigenvalue weighted by Gasteiger charge is 2.32. The SMILES string of the molecule is COc1ccc2c3c(n(-c4ccc(O)cc4)c(=O)c2c1)-c1ccccc1C3=O. The van der Waals surface area contributed by atoms with Gasteiger partial charge in [0.2, 0.25) is 0 Å². The van der Waals surface area contributed by atoms with Crippen LogP contribution in [0.5, 0.6) is 11.5 Å². The lowest BCUT2D eigenvalue weighted by atomic mass is 10.0. The van der Waals surface area contributed by atoms with Crippen LogP contribution in [-0.2, 0) is 0 Å². The molecule has 0 bridgehead atoms. The van der Waals surface area contributed by atoms with Crippen LogP contribution in [0.15, 0.2) is 71.5 Å².